The molecule has 44 heavy (non-hydrogen) atoms. The fourth-order valence-electron chi connectivity index (χ4n) is 6.76. The normalized spacial score (nSPS) is 20.3. The highest BCUT2D eigenvalue weighted by Crippen LogP contribution is 2.40. The number of amides is 2. The number of carbonyl (C=O) groups excluding carboxylic acids is 3. The molecule has 2 aliphatic heterocycles. The van der Waals surface area contributed by atoms with Crippen LogP contribution in [0, 0.1) is 13.8 Å². The standard InChI is InChI=1S/C17H19ClN2O2.C17H20N2O3/c1-12-5-7-13(8-6-12)15-16(22)20(11-14(18)21)17(19-15)9-3-2-4-10-17;1-12-5-7-13(8-6-12)15-16(22)19(11-14(20)21)17(18-15)9-3-2-4-10-17/h5-8H,2-4,9-11H2,1H3;5-8H,2-4,9-11H2,1H3,(H,20,21). The molecule has 2 fully saturated rings. The van der Waals surface area contributed by atoms with E-state index < -0.39 is 22.5 Å². The molecule has 2 heterocycles. The van der Waals surface area contributed by atoms with Crippen molar-refractivity contribution in [2.75, 3.05) is 13.1 Å². The third kappa shape index (κ3) is 6.48. The van der Waals surface area contributed by atoms with Crippen LogP contribution in [0.2, 0.25) is 0 Å². The summed E-state index contributed by atoms with van der Waals surface area (Å²) in [5.41, 5.74) is 3.48. The maximum Gasteiger partial charge on any atom is 0.323 e. The lowest BCUT2D eigenvalue weighted by molar-refractivity contribution is -0.145. The van der Waals surface area contributed by atoms with Crippen LogP contribution in [0.1, 0.15) is 86.5 Å². The largest absolute Gasteiger partial charge is 0.480 e. The highest BCUT2D eigenvalue weighted by Gasteiger charge is 2.49. The molecule has 0 atom stereocenters. The first-order valence-corrected chi connectivity index (χ1v) is 15.8. The molecule has 0 bridgehead atoms. The molecule has 2 aromatic rings. The molecule has 0 unspecified atom stereocenters. The average molecular weight is 619 g/mol. The predicted molar refractivity (Wildman–Crippen MR) is 169 cm³/mol. The molecule has 1 N–H and O–H groups in total. The average Bonchev–Trinajstić information content (AvgIpc) is 3.40. The number of aliphatic carboxylic acids is 1. The third-order valence-corrected chi connectivity index (χ3v) is 9.19. The summed E-state index contributed by atoms with van der Waals surface area (Å²) in [6, 6.07) is 15.4. The summed E-state index contributed by atoms with van der Waals surface area (Å²) in [6.07, 6.45) is 9.37. The first-order chi connectivity index (χ1) is 21.0. The van der Waals surface area contributed by atoms with E-state index in [4.69, 9.17) is 26.7 Å². The summed E-state index contributed by atoms with van der Waals surface area (Å²) in [5, 5.41) is 8.64. The number of carbonyl (C=O) groups is 4. The van der Waals surface area contributed by atoms with E-state index >= 15 is 0 Å². The lowest BCUT2D eigenvalue weighted by Crippen LogP contribution is -2.50. The lowest BCUT2D eigenvalue weighted by atomic mass is 9.88. The fraction of sp³-hybridized carbons (Fsp3) is 0.471. The van der Waals surface area contributed by atoms with Gasteiger partial charge in [0.2, 0.25) is 5.24 Å². The summed E-state index contributed by atoms with van der Waals surface area (Å²) < 4.78 is 0. The molecule has 2 aromatic carbocycles. The maximum atomic E-state index is 12.8. The number of carboxylic acids is 1. The Morgan fingerprint density at radius 1 is 0.682 bits per heavy atom. The lowest BCUT2D eigenvalue weighted by Gasteiger charge is -2.38. The Balaban J connectivity index is 0.000000175. The van der Waals surface area contributed by atoms with Gasteiger partial charge in [0.25, 0.3) is 11.8 Å². The molecule has 0 radical (unpaired) electrons. The van der Waals surface area contributed by atoms with Gasteiger partial charge in [-0.15, -0.1) is 0 Å². The molecule has 0 aromatic heterocycles. The van der Waals surface area contributed by atoms with Crippen LogP contribution in [0.15, 0.2) is 58.5 Å². The van der Waals surface area contributed by atoms with Gasteiger partial charge in [-0.3, -0.25) is 29.2 Å². The zero-order valence-corrected chi connectivity index (χ0v) is 26.1. The molecular weight excluding hydrogens is 580 g/mol. The Bertz CT molecular complexity index is 1370. The van der Waals surface area contributed by atoms with E-state index in [2.05, 4.69) is 0 Å². The first-order valence-electron chi connectivity index (χ1n) is 15.4. The quantitative estimate of drug-likeness (QED) is 0.433. The van der Waals surface area contributed by atoms with Crippen LogP contribution in [0.5, 0.6) is 0 Å². The minimum Gasteiger partial charge on any atom is -0.480 e. The molecule has 2 saturated carbocycles. The van der Waals surface area contributed by atoms with Crippen LogP contribution < -0.4 is 0 Å². The van der Waals surface area contributed by atoms with Gasteiger partial charge in [-0.05, 0) is 76.8 Å². The number of carboxylic acid groups (broad SMARTS) is 1. The zero-order chi connectivity index (χ0) is 31.5. The second kappa shape index (κ2) is 13.0. The van der Waals surface area contributed by atoms with Crippen molar-refractivity contribution < 1.29 is 24.3 Å². The van der Waals surface area contributed by atoms with E-state index in [1.807, 2.05) is 62.4 Å². The Kier molecular flexibility index (Phi) is 9.34. The minimum atomic E-state index is -0.987. The van der Waals surface area contributed by atoms with Gasteiger partial charge in [0, 0.05) is 11.1 Å². The summed E-state index contributed by atoms with van der Waals surface area (Å²) in [4.78, 5) is 60.6. The van der Waals surface area contributed by atoms with Crippen molar-refractivity contribution in [3.05, 3.63) is 70.8 Å². The third-order valence-electron chi connectivity index (χ3n) is 9.07. The molecule has 0 saturated heterocycles. The van der Waals surface area contributed by atoms with Crippen molar-refractivity contribution >= 4 is 46.1 Å². The van der Waals surface area contributed by atoms with E-state index in [0.29, 0.717) is 11.4 Å². The van der Waals surface area contributed by atoms with Crippen LogP contribution in [0.25, 0.3) is 0 Å². The van der Waals surface area contributed by atoms with Crippen molar-refractivity contribution in [1.82, 2.24) is 9.80 Å². The van der Waals surface area contributed by atoms with E-state index in [1.165, 1.54) is 4.90 Å². The van der Waals surface area contributed by atoms with Crippen molar-refractivity contribution in [2.45, 2.75) is 89.4 Å². The van der Waals surface area contributed by atoms with Crippen LogP contribution in [-0.4, -0.2) is 73.8 Å². The van der Waals surface area contributed by atoms with Crippen molar-refractivity contribution in [3.63, 3.8) is 0 Å². The smallest absolute Gasteiger partial charge is 0.323 e. The van der Waals surface area contributed by atoms with E-state index in [1.54, 1.807) is 4.90 Å². The van der Waals surface area contributed by atoms with E-state index in [-0.39, 0.29) is 24.9 Å². The highest BCUT2D eigenvalue weighted by atomic mass is 35.5. The Morgan fingerprint density at radius 2 is 1.05 bits per heavy atom. The number of hydrogen-bond acceptors (Lipinski definition) is 6. The topological polar surface area (TPSA) is 120 Å². The van der Waals surface area contributed by atoms with Crippen molar-refractivity contribution in [1.29, 1.82) is 0 Å². The van der Waals surface area contributed by atoms with Gasteiger partial charge in [0.1, 0.15) is 29.3 Å². The second-order valence-corrected chi connectivity index (χ2v) is 12.7. The molecule has 10 heteroatoms. The summed E-state index contributed by atoms with van der Waals surface area (Å²) in [7, 11) is 0. The van der Waals surface area contributed by atoms with E-state index in [0.717, 1.165) is 86.5 Å². The number of rotatable bonds is 6. The minimum absolute atomic E-state index is 0.0702. The maximum absolute atomic E-state index is 12.8. The number of aryl methyl sites for hydroxylation is 2. The Labute approximate surface area is 263 Å². The summed E-state index contributed by atoms with van der Waals surface area (Å²) in [6.45, 7) is 3.64. The zero-order valence-electron chi connectivity index (χ0n) is 25.4. The molecule has 6 rings (SSSR count). The van der Waals surface area contributed by atoms with Gasteiger partial charge in [-0.1, -0.05) is 72.5 Å². The van der Waals surface area contributed by atoms with Gasteiger partial charge >= 0.3 is 5.97 Å². The Hall–Kier alpha value is -3.85. The van der Waals surface area contributed by atoms with Gasteiger partial charge in [0.05, 0.1) is 6.54 Å². The monoisotopic (exact) mass is 618 g/mol. The van der Waals surface area contributed by atoms with Gasteiger partial charge in [-0.2, -0.15) is 0 Å². The summed E-state index contributed by atoms with van der Waals surface area (Å²) in [5.74, 6) is -1.42. The molecule has 9 nitrogen and oxygen atoms in total. The molecule has 2 aliphatic carbocycles. The number of hydrogen-bond donors (Lipinski definition) is 1. The second-order valence-electron chi connectivity index (χ2n) is 12.3. The van der Waals surface area contributed by atoms with Crippen LogP contribution >= 0.6 is 11.6 Å². The molecule has 4 aliphatic rings. The van der Waals surface area contributed by atoms with Gasteiger partial charge in [-0.25, -0.2) is 0 Å². The van der Waals surface area contributed by atoms with Crippen molar-refractivity contribution in [3.8, 4) is 0 Å². The highest BCUT2D eigenvalue weighted by molar-refractivity contribution is 6.64. The molecule has 232 valence electrons. The van der Waals surface area contributed by atoms with Crippen LogP contribution in [0.4, 0.5) is 0 Å². The Morgan fingerprint density at radius 3 is 1.39 bits per heavy atom. The van der Waals surface area contributed by atoms with Crippen LogP contribution in [-0.2, 0) is 19.2 Å². The molecular formula is C34H39ClN4O5. The first kappa shape index (κ1) is 31.6. The summed E-state index contributed by atoms with van der Waals surface area (Å²) >= 11 is 5.56. The van der Waals surface area contributed by atoms with Crippen molar-refractivity contribution in [2.24, 2.45) is 9.98 Å². The number of aliphatic imine (C=N–C) groups is 2. The fourth-order valence-corrected chi connectivity index (χ4v) is 6.88. The van der Waals surface area contributed by atoms with Gasteiger partial charge in [0.15, 0.2) is 0 Å². The number of halogens is 1. The van der Waals surface area contributed by atoms with Crippen LogP contribution in [0.3, 0.4) is 0 Å². The number of nitrogens with zero attached hydrogens (tertiary/aromatic N) is 4. The molecule has 2 amide bonds. The van der Waals surface area contributed by atoms with E-state index in [9.17, 15) is 19.2 Å². The van der Waals surface area contributed by atoms with Gasteiger partial charge < -0.3 is 14.9 Å². The predicted octanol–water partition coefficient (Wildman–Crippen LogP) is 5.42. The SMILES string of the molecule is Cc1ccc(C2=NC3(CCCCC3)N(CC(=O)Cl)C2=O)cc1.Cc1ccc(C2=NC3(CCCCC3)N(CC(=O)O)C2=O)cc1. The number of benzene rings is 2. The molecule has 2 spiro atoms.